The average molecular weight is 224 g/mol. The molecule has 3 fully saturated rings. The van der Waals surface area contributed by atoms with Crippen LogP contribution in [-0.2, 0) is 4.74 Å². The van der Waals surface area contributed by atoms with Crippen molar-refractivity contribution in [2.24, 2.45) is 0 Å². The van der Waals surface area contributed by atoms with Gasteiger partial charge in [0.25, 0.3) is 0 Å². The maximum Gasteiger partial charge on any atom is 0.0601 e. The number of fused-ring (bicyclic) bond motifs is 1. The van der Waals surface area contributed by atoms with Crippen molar-refractivity contribution in [3.63, 3.8) is 0 Å². The van der Waals surface area contributed by atoms with E-state index < -0.39 is 0 Å². The van der Waals surface area contributed by atoms with E-state index in [9.17, 15) is 0 Å². The molecule has 1 aliphatic carbocycles. The van der Waals surface area contributed by atoms with Gasteiger partial charge in [0.1, 0.15) is 0 Å². The lowest BCUT2D eigenvalue weighted by molar-refractivity contribution is -0.0284. The van der Waals surface area contributed by atoms with Crippen LogP contribution < -0.4 is 0 Å². The zero-order chi connectivity index (χ0) is 11.0. The molecule has 0 spiro atoms. The summed E-state index contributed by atoms with van der Waals surface area (Å²) in [6.07, 6.45) is 7.30. The highest BCUT2D eigenvalue weighted by Gasteiger charge is 2.37. The highest BCUT2D eigenvalue weighted by atomic mass is 16.5. The molecule has 2 aliphatic heterocycles. The second-order valence-corrected chi connectivity index (χ2v) is 5.66. The third kappa shape index (κ3) is 2.01. The molecule has 2 saturated heterocycles. The van der Waals surface area contributed by atoms with E-state index >= 15 is 0 Å². The summed E-state index contributed by atoms with van der Waals surface area (Å²) in [4.78, 5) is 5.46. The molecule has 3 heteroatoms. The molecule has 3 nitrogen and oxygen atoms in total. The second-order valence-electron chi connectivity index (χ2n) is 5.66. The molecule has 0 aromatic heterocycles. The minimum atomic E-state index is 0.549. The normalized spacial score (nSPS) is 41.4. The van der Waals surface area contributed by atoms with Gasteiger partial charge >= 0.3 is 0 Å². The monoisotopic (exact) mass is 224 g/mol. The van der Waals surface area contributed by atoms with Crippen LogP contribution in [0.15, 0.2) is 0 Å². The van der Waals surface area contributed by atoms with Gasteiger partial charge in [-0.2, -0.15) is 0 Å². The molecule has 3 aliphatic rings. The molecule has 3 rings (SSSR count). The van der Waals surface area contributed by atoms with Crippen LogP contribution in [0.25, 0.3) is 0 Å². The Morgan fingerprint density at radius 3 is 2.50 bits per heavy atom. The molecule has 1 saturated carbocycles. The molecule has 0 radical (unpaired) electrons. The van der Waals surface area contributed by atoms with Crippen LogP contribution in [0.2, 0.25) is 0 Å². The number of nitrogens with zero attached hydrogens (tertiary/aromatic N) is 2. The number of ether oxygens (including phenoxy) is 1. The lowest BCUT2D eigenvalue weighted by Gasteiger charge is -2.42. The van der Waals surface area contributed by atoms with Gasteiger partial charge in [-0.25, -0.2) is 0 Å². The highest BCUT2D eigenvalue weighted by molar-refractivity contribution is 4.93. The number of hydrogen-bond acceptors (Lipinski definition) is 3. The molecule has 16 heavy (non-hydrogen) atoms. The van der Waals surface area contributed by atoms with E-state index in [1.165, 1.54) is 58.3 Å². The van der Waals surface area contributed by atoms with Crippen molar-refractivity contribution in [1.29, 1.82) is 0 Å². The Morgan fingerprint density at radius 2 is 1.69 bits per heavy atom. The van der Waals surface area contributed by atoms with Gasteiger partial charge in [-0.3, -0.25) is 9.80 Å². The lowest BCUT2D eigenvalue weighted by atomic mass is 9.87. The molecule has 1 atom stereocenters. The van der Waals surface area contributed by atoms with E-state index in [-0.39, 0.29) is 0 Å². The quantitative estimate of drug-likeness (QED) is 0.704. The maximum absolute atomic E-state index is 5.39. The van der Waals surface area contributed by atoms with Gasteiger partial charge in [0, 0.05) is 25.7 Å². The molecule has 0 N–H and O–H groups in total. The van der Waals surface area contributed by atoms with E-state index in [0.29, 0.717) is 6.10 Å². The molecule has 0 bridgehead atoms. The molecular weight excluding hydrogens is 200 g/mol. The summed E-state index contributed by atoms with van der Waals surface area (Å²) in [6, 6.07) is 1.69. The van der Waals surface area contributed by atoms with Gasteiger partial charge < -0.3 is 4.74 Å². The van der Waals surface area contributed by atoms with E-state index in [1.54, 1.807) is 0 Å². The first-order valence-electron chi connectivity index (χ1n) is 6.87. The van der Waals surface area contributed by atoms with Gasteiger partial charge in [0.15, 0.2) is 0 Å². The van der Waals surface area contributed by atoms with Gasteiger partial charge in [0.2, 0.25) is 0 Å². The van der Waals surface area contributed by atoms with Crippen LogP contribution in [0.3, 0.4) is 0 Å². The fourth-order valence-corrected chi connectivity index (χ4v) is 3.60. The van der Waals surface area contributed by atoms with E-state index in [2.05, 4.69) is 9.80 Å². The van der Waals surface area contributed by atoms with Gasteiger partial charge in [-0.15, -0.1) is 0 Å². The minimum absolute atomic E-state index is 0.549. The Morgan fingerprint density at radius 1 is 0.938 bits per heavy atom. The Hall–Kier alpha value is -0.120. The predicted molar refractivity (Wildman–Crippen MR) is 64.6 cm³/mol. The molecular formula is C13H24N2O. The fourth-order valence-electron chi connectivity index (χ4n) is 3.60. The van der Waals surface area contributed by atoms with Crippen LogP contribution in [-0.4, -0.2) is 61.3 Å². The van der Waals surface area contributed by atoms with Gasteiger partial charge in [-0.1, -0.05) is 0 Å². The average Bonchev–Trinajstić information content (AvgIpc) is 2.56. The van der Waals surface area contributed by atoms with Crippen molar-refractivity contribution in [2.45, 2.75) is 50.3 Å². The molecule has 0 aromatic rings. The summed E-state index contributed by atoms with van der Waals surface area (Å²) in [5.41, 5.74) is 0. The zero-order valence-corrected chi connectivity index (χ0v) is 10.4. The van der Waals surface area contributed by atoms with Crippen molar-refractivity contribution in [2.75, 3.05) is 33.3 Å². The smallest absolute Gasteiger partial charge is 0.0601 e. The summed E-state index contributed by atoms with van der Waals surface area (Å²) >= 11 is 0. The number of hydrogen-bond donors (Lipinski definition) is 0. The summed E-state index contributed by atoms with van der Waals surface area (Å²) in [7, 11) is 1.85. The Bertz CT molecular complexity index is 240. The highest BCUT2D eigenvalue weighted by Crippen LogP contribution is 2.31. The third-order valence-corrected chi connectivity index (χ3v) is 4.75. The molecule has 2 heterocycles. The molecule has 0 aromatic carbocycles. The molecule has 92 valence electrons. The summed E-state index contributed by atoms with van der Waals surface area (Å²) in [5, 5.41) is 0. The summed E-state index contributed by atoms with van der Waals surface area (Å²) in [6.45, 7) is 5.32. The van der Waals surface area contributed by atoms with E-state index in [0.717, 1.165) is 12.1 Å². The summed E-state index contributed by atoms with van der Waals surface area (Å²) < 4.78 is 5.39. The fraction of sp³-hybridized carbons (Fsp3) is 1.00. The van der Waals surface area contributed by atoms with Crippen LogP contribution in [0.5, 0.6) is 0 Å². The lowest BCUT2D eigenvalue weighted by Crippen LogP contribution is -2.50. The number of rotatable bonds is 2. The van der Waals surface area contributed by atoms with E-state index in [1.807, 2.05) is 7.11 Å². The van der Waals surface area contributed by atoms with Crippen molar-refractivity contribution in [3.8, 4) is 0 Å². The van der Waals surface area contributed by atoms with Crippen LogP contribution in [0.1, 0.15) is 32.1 Å². The maximum atomic E-state index is 5.39. The zero-order valence-electron chi connectivity index (χ0n) is 10.4. The Kier molecular flexibility index (Phi) is 3.18. The largest absolute Gasteiger partial charge is 0.381 e. The predicted octanol–water partition coefficient (Wildman–Crippen LogP) is 1.33. The summed E-state index contributed by atoms with van der Waals surface area (Å²) in [5.74, 6) is 0. The first kappa shape index (κ1) is 11.0. The number of methoxy groups -OCH3 is 1. The van der Waals surface area contributed by atoms with Crippen molar-refractivity contribution in [1.82, 2.24) is 9.80 Å². The first-order chi connectivity index (χ1) is 7.86. The van der Waals surface area contributed by atoms with Crippen molar-refractivity contribution in [3.05, 3.63) is 0 Å². The first-order valence-corrected chi connectivity index (χ1v) is 6.87. The third-order valence-electron chi connectivity index (χ3n) is 4.75. The van der Waals surface area contributed by atoms with Gasteiger partial charge in [-0.05, 0) is 51.7 Å². The van der Waals surface area contributed by atoms with Crippen LogP contribution >= 0.6 is 0 Å². The Labute approximate surface area is 98.7 Å². The van der Waals surface area contributed by atoms with E-state index in [4.69, 9.17) is 4.74 Å². The SMILES string of the molecule is COC1CC(N2CCCN3CCCC3C2)C1. The molecule has 1 unspecified atom stereocenters. The second kappa shape index (κ2) is 4.63. The molecule has 0 amide bonds. The van der Waals surface area contributed by atoms with Crippen LogP contribution in [0, 0.1) is 0 Å². The standard InChI is InChI=1S/C13H24N2O/c1-16-13-8-12(9-13)15-7-3-6-14-5-2-4-11(14)10-15/h11-13H,2-10H2,1H3. The van der Waals surface area contributed by atoms with Gasteiger partial charge in [0.05, 0.1) is 6.10 Å². The minimum Gasteiger partial charge on any atom is -0.381 e. The van der Waals surface area contributed by atoms with Crippen LogP contribution in [0.4, 0.5) is 0 Å². The van der Waals surface area contributed by atoms with Crippen molar-refractivity contribution < 1.29 is 4.74 Å². The Balaban J connectivity index is 1.55. The van der Waals surface area contributed by atoms with Crippen molar-refractivity contribution >= 4 is 0 Å². The topological polar surface area (TPSA) is 15.7 Å².